The molecule has 2 saturated carbocycles. The van der Waals surface area contributed by atoms with Crippen LogP contribution >= 0.6 is 11.3 Å². The molecule has 3 rings (SSSR count). The Labute approximate surface area is 126 Å². The largest absolute Gasteiger partial charge is 0.391 e. The van der Waals surface area contributed by atoms with E-state index in [1.807, 2.05) is 0 Å². The second kappa shape index (κ2) is 6.02. The summed E-state index contributed by atoms with van der Waals surface area (Å²) in [7, 11) is 2.19. The van der Waals surface area contributed by atoms with Crippen molar-refractivity contribution in [2.24, 2.45) is 5.92 Å². The second-order valence-electron chi connectivity index (χ2n) is 6.43. The highest BCUT2D eigenvalue weighted by Crippen LogP contribution is 2.44. The number of hydrogen-bond donors (Lipinski definition) is 1. The SMILES string of the molecule is CCC1CCC(N(C)c2nc(C3CC3)c(CO)s2)CC1. The molecular weight excluding hydrogens is 268 g/mol. The molecular formula is C16H26N2OS. The first-order valence-electron chi connectivity index (χ1n) is 8.06. The smallest absolute Gasteiger partial charge is 0.185 e. The highest BCUT2D eigenvalue weighted by Gasteiger charge is 2.31. The van der Waals surface area contributed by atoms with Crippen LogP contribution in [0.1, 0.15) is 68.4 Å². The molecule has 0 aromatic carbocycles. The summed E-state index contributed by atoms with van der Waals surface area (Å²) in [5.74, 6) is 1.57. The van der Waals surface area contributed by atoms with Crippen LogP contribution in [0, 0.1) is 5.92 Å². The van der Waals surface area contributed by atoms with Gasteiger partial charge in [-0.1, -0.05) is 24.7 Å². The maximum Gasteiger partial charge on any atom is 0.185 e. The maximum absolute atomic E-state index is 9.52. The van der Waals surface area contributed by atoms with E-state index in [2.05, 4.69) is 18.9 Å². The third-order valence-electron chi connectivity index (χ3n) is 5.07. The average molecular weight is 294 g/mol. The van der Waals surface area contributed by atoms with Crippen molar-refractivity contribution in [3.8, 4) is 0 Å². The van der Waals surface area contributed by atoms with Crippen molar-refractivity contribution in [3.63, 3.8) is 0 Å². The van der Waals surface area contributed by atoms with Crippen molar-refractivity contribution in [2.45, 2.75) is 70.4 Å². The highest BCUT2D eigenvalue weighted by atomic mass is 32.1. The molecule has 2 aliphatic carbocycles. The molecule has 0 spiro atoms. The molecule has 2 aliphatic rings. The quantitative estimate of drug-likeness (QED) is 0.894. The Morgan fingerprint density at radius 2 is 1.90 bits per heavy atom. The Balaban J connectivity index is 1.69. The van der Waals surface area contributed by atoms with Crippen molar-refractivity contribution < 1.29 is 5.11 Å². The first kappa shape index (κ1) is 14.3. The summed E-state index contributed by atoms with van der Waals surface area (Å²) in [4.78, 5) is 8.31. The average Bonchev–Trinajstić information content (AvgIpc) is 3.25. The minimum atomic E-state index is 0.153. The molecule has 0 aliphatic heterocycles. The number of aliphatic hydroxyl groups is 1. The zero-order chi connectivity index (χ0) is 14.1. The lowest BCUT2D eigenvalue weighted by molar-refractivity contribution is 0.284. The molecule has 1 aromatic heterocycles. The van der Waals surface area contributed by atoms with E-state index in [9.17, 15) is 5.11 Å². The van der Waals surface area contributed by atoms with Gasteiger partial charge in [-0.25, -0.2) is 4.98 Å². The van der Waals surface area contributed by atoms with E-state index in [1.165, 1.54) is 50.6 Å². The van der Waals surface area contributed by atoms with Crippen LogP contribution in [-0.2, 0) is 6.61 Å². The van der Waals surface area contributed by atoms with E-state index in [0.717, 1.165) is 15.9 Å². The Bertz CT molecular complexity index is 447. The second-order valence-corrected chi connectivity index (χ2v) is 7.49. The van der Waals surface area contributed by atoms with Gasteiger partial charge in [-0.15, -0.1) is 0 Å². The fourth-order valence-corrected chi connectivity index (χ4v) is 4.43. The van der Waals surface area contributed by atoms with Crippen LogP contribution in [0.5, 0.6) is 0 Å². The van der Waals surface area contributed by atoms with E-state index < -0.39 is 0 Å². The summed E-state index contributed by atoms with van der Waals surface area (Å²) in [6, 6.07) is 0.641. The summed E-state index contributed by atoms with van der Waals surface area (Å²) in [5, 5.41) is 10.6. The molecule has 0 amide bonds. The molecule has 0 radical (unpaired) electrons. The molecule has 4 heteroatoms. The van der Waals surface area contributed by atoms with Gasteiger partial charge in [-0.05, 0) is 44.4 Å². The standard InChI is InChI=1S/C16H26N2OS/c1-3-11-4-8-13(9-5-11)18(2)16-17-15(12-6-7-12)14(10-19)20-16/h11-13,19H,3-10H2,1-2H3. The zero-order valence-electron chi connectivity index (χ0n) is 12.6. The Hall–Kier alpha value is -0.610. The molecule has 0 saturated heterocycles. The number of rotatable bonds is 5. The van der Waals surface area contributed by atoms with Crippen LogP contribution in [0.3, 0.4) is 0 Å². The highest BCUT2D eigenvalue weighted by molar-refractivity contribution is 7.15. The van der Waals surface area contributed by atoms with E-state index >= 15 is 0 Å². The van der Waals surface area contributed by atoms with Crippen molar-refractivity contribution in [1.82, 2.24) is 4.98 Å². The number of anilines is 1. The van der Waals surface area contributed by atoms with Gasteiger partial charge in [0.05, 0.1) is 17.2 Å². The summed E-state index contributed by atoms with van der Waals surface area (Å²) < 4.78 is 0. The van der Waals surface area contributed by atoms with Gasteiger partial charge >= 0.3 is 0 Å². The lowest BCUT2D eigenvalue weighted by Crippen LogP contribution is -2.35. The monoisotopic (exact) mass is 294 g/mol. The van der Waals surface area contributed by atoms with Crippen molar-refractivity contribution in [1.29, 1.82) is 0 Å². The maximum atomic E-state index is 9.52. The van der Waals surface area contributed by atoms with Crippen LogP contribution < -0.4 is 4.90 Å². The van der Waals surface area contributed by atoms with Gasteiger partial charge in [0.2, 0.25) is 0 Å². The van der Waals surface area contributed by atoms with E-state index in [-0.39, 0.29) is 6.61 Å². The minimum Gasteiger partial charge on any atom is -0.391 e. The molecule has 2 fully saturated rings. The molecule has 112 valence electrons. The topological polar surface area (TPSA) is 36.4 Å². The Morgan fingerprint density at radius 1 is 1.20 bits per heavy atom. The normalized spacial score (nSPS) is 26.8. The lowest BCUT2D eigenvalue weighted by Gasteiger charge is -2.34. The van der Waals surface area contributed by atoms with Gasteiger partial charge in [0.15, 0.2) is 5.13 Å². The number of thiazole rings is 1. The van der Waals surface area contributed by atoms with Crippen LogP contribution in [0.4, 0.5) is 5.13 Å². The van der Waals surface area contributed by atoms with Gasteiger partial charge < -0.3 is 10.0 Å². The first-order valence-corrected chi connectivity index (χ1v) is 8.87. The molecule has 3 nitrogen and oxygen atoms in total. The van der Waals surface area contributed by atoms with Gasteiger partial charge in [0.25, 0.3) is 0 Å². The van der Waals surface area contributed by atoms with Crippen LogP contribution in [-0.4, -0.2) is 23.2 Å². The minimum absolute atomic E-state index is 0.153. The van der Waals surface area contributed by atoms with Gasteiger partial charge in [0, 0.05) is 19.0 Å². The molecule has 1 N–H and O–H groups in total. The predicted octanol–water partition coefficient (Wildman–Crippen LogP) is 3.92. The lowest BCUT2D eigenvalue weighted by atomic mass is 9.84. The zero-order valence-corrected chi connectivity index (χ0v) is 13.5. The molecule has 1 aromatic rings. The Kier molecular flexibility index (Phi) is 4.32. The predicted molar refractivity (Wildman–Crippen MR) is 84.5 cm³/mol. The summed E-state index contributed by atoms with van der Waals surface area (Å²) in [6.45, 7) is 2.46. The summed E-state index contributed by atoms with van der Waals surface area (Å²) >= 11 is 1.70. The van der Waals surface area contributed by atoms with Crippen LogP contribution in [0.15, 0.2) is 0 Å². The Morgan fingerprint density at radius 3 is 2.45 bits per heavy atom. The van der Waals surface area contributed by atoms with Crippen molar-refractivity contribution >= 4 is 16.5 Å². The number of aliphatic hydroxyl groups excluding tert-OH is 1. The third-order valence-corrected chi connectivity index (χ3v) is 6.21. The number of nitrogens with zero attached hydrogens (tertiary/aromatic N) is 2. The number of aromatic nitrogens is 1. The van der Waals surface area contributed by atoms with Crippen LogP contribution in [0.25, 0.3) is 0 Å². The van der Waals surface area contributed by atoms with Gasteiger partial charge in [-0.3, -0.25) is 0 Å². The van der Waals surface area contributed by atoms with Crippen LogP contribution in [0.2, 0.25) is 0 Å². The fraction of sp³-hybridized carbons (Fsp3) is 0.812. The van der Waals surface area contributed by atoms with Gasteiger partial charge in [-0.2, -0.15) is 0 Å². The van der Waals surface area contributed by atoms with Crippen molar-refractivity contribution in [2.75, 3.05) is 11.9 Å². The van der Waals surface area contributed by atoms with E-state index in [4.69, 9.17) is 4.98 Å². The molecule has 20 heavy (non-hydrogen) atoms. The fourth-order valence-electron chi connectivity index (χ4n) is 3.39. The first-order chi connectivity index (χ1) is 9.72. The van der Waals surface area contributed by atoms with Crippen molar-refractivity contribution in [3.05, 3.63) is 10.6 Å². The number of hydrogen-bond acceptors (Lipinski definition) is 4. The van der Waals surface area contributed by atoms with Gasteiger partial charge in [0.1, 0.15) is 0 Å². The molecule has 1 heterocycles. The summed E-state index contributed by atoms with van der Waals surface area (Å²) in [5.41, 5.74) is 1.18. The molecule has 0 bridgehead atoms. The third kappa shape index (κ3) is 2.86. The molecule has 0 atom stereocenters. The molecule has 0 unspecified atom stereocenters. The summed E-state index contributed by atoms with van der Waals surface area (Å²) in [6.07, 6.45) is 9.14. The van der Waals surface area contributed by atoms with E-state index in [0.29, 0.717) is 12.0 Å². The van der Waals surface area contributed by atoms with E-state index in [1.54, 1.807) is 11.3 Å².